The Morgan fingerprint density at radius 3 is 2.52 bits per heavy atom. The Kier molecular flexibility index (Phi) is 6.52. The molecule has 144 valence electrons. The van der Waals surface area contributed by atoms with E-state index < -0.39 is 0 Å². The minimum Gasteiger partial charge on any atom is -0.493 e. The molecule has 27 heavy (non-hydrogen) atoms. The van der Waals surface area contributed by atoms with Crippen molar-refractivity contribution in [3.8, 4) is 11.5 Å². The third-order valence-electron chi connectivity index (χ3n) is 4.82. The second-order valence-corrected chi connectivity index (χ2v) is 6.83. The Morgan fingerprint density at radius 1 is 1.07 bits per heavy atom. The maximum Gasteiger partial charge on any atom is 0.229 e. The SMILES string of the molecule is COc1ccc(CC(=O)Nc2ccc(NC3CCCCC3)cn2)cc1OC. The van der Waals surface area contributed by atoms with Crippen molar-refractivity contribution in [1.82, 2.24) is 4.98 Å². The van der Waals surface area contributed by atoms with Gasteiger partial charge in [-0.1, -0.05) is 25.3 Å². The minimum absolute atomic E-state index is 0.122. The summed E-state index contributed by atoms with van der Waals surface area (Å²) in [7, 11) is 3.16. The predicted octanol–water partition coefficient (Wildman–Crippen LogP) is 4.02. The van der Waals surface area contributed by atoms with Crippen LogP contribution < -0.4 is 20.1 Å². The molecule has 0 spiro atoms. The smallest absolute Gasteiger partial charge is 0.229 e. The van der Waals surface area contributed by atoms with Gasteiger partial charge in [0.25, 0.3) is 0 Å². The number of hydrogen-bond acceptors (Lipinski definition) is 5. The number of methoxy groups -OCH3 is 2. The molecule has 0 saturated heterocycles. The van der Waals surface area contributed by atoms with E-state index in [-0.39, 0.29) is 12.3 Å². The molecule has 2 N–H and O–H groups in total. The summed E-state index contributed by atoms with van der Waals surface area (Å²) >= 11 is 0. The molecule has 1 aliphatic rings. The minimum atomic E-state index is -0.122. The zero-order chi connectivity index (χ0) is 19.1. The third kappa shape index (κ3) is 5.36. The van der Waals surface area contributed by atoms with Crippen LogP contribution in [0.25, 0.3) is 0 Å². The van der Waals surface area contributed by atoms with E-state index in [1.165, 1.54) is 32.1 Å². The number of rotatable bonds is 7. The molecule has 0 radical (unpaired) electrons. The van der Waals surface area contributed by atoms with Crippen LogP contribution in [0, 0.1) is 0 Å². The average molecular weight is 369 g/mol. The first-order valence-corrected chi connectivity index (χ1v) is 9.41. The van der Waals surface area contributed by atoms with Gasteiger partial charge in [0.05, 0.1) is 32.5 Å². The highest BCUT2D eigenvalue weighted by Crippen LogP contribution is 2.28. The Bertz CT molecular complexity index is 756. The lowest BCUT2D eigenvalue weighted by molar-refractivity contribution is -0.115. The number of nitrogens with one attached hydrogen (secondary N) is 2. The van der Waals surface area contributed by atoms with Crippen LogP contribution in [0.3, 0.4) is 0 Å². The van der Waals surface area contributed by atoms with Gasteiger partial charge in [-0.3, -0.25) is 4.79 Å². The van der Waals surface area contributed by atoms with Crippen molar-refractivity contribution in [2.45, 2.75) is 44.6 Å². The number of aromatic nitrogens is 1. The van der Waals surface area contributed by atoms with Crippen molar-refractivity contribution >= 4 is 17.4 Å². The number of pyridine rings is 1. The maximum absolute atomic E-state index is 12.3. The summed E-state index contributed by atoms with van der Waals surface area (Å²) in [6.45, 7) is 0. The van der Waals surface area contributed by atoms with Gasteiger partial charge < -0.3 is 20.1 Å². The summed E-state index contributed by atoms with van der Waals surface area (Å²) in [5, 5.41) is 6.36. The Hall–Kier alpha value is -2.76. The predicted molar refractivity (Wildman–Crippen MR) is 107 cm³/mol. The van der Waals surface area contributed by atoms with Gasteiger partial charge in [0, 0.05) is 6.04 Å². The molecule has 1 amide bonds. The summed E-state index contributed by atoms with van der Waals surface area (Å²) in [5.74, 6) is 1.68. The largest absolute Gasteiger partial charge is 0.493 e. The quantitative estimate of drug-likeness (QED) is 0.771. The summed E-state index contributed by atoms with van der Waals surface area (Å²) < 4.78 is 10.5. The molecular weight excluding hydrogens is 342 g/mol. The van der Waals surface area contributed by atoms with Crippen LogP contribution in [0.15, 0.2) is 36.5 Å². The Balaban J connectivity index is 1.54. The molecule has 1 heterocycles. The van der Waals surface area contributed by atoms with Gasteiger partial charge >= 0.3 is 0 Å². The zero-order valence-corrected chi connectivity index (χ0v) is 16.0. The third-order valence-corrected chi connectivity index (χ3v) is 4.82. The summed E-state index contributed by atoms with van der Waals surface area (Å²) in [6, 6.07) is 9.79. The van der Waals surface area contributed by atoms with E-state index in [1.807, 2.05) is 24.3 Å². The van der Waals surface area contributed by atoms with Crippen molar-refractivity contribution in [2.24, 2.45) is 0 Å². The molecule has 1 aromatic heterocycles. The fourth-order valence-electron chi connectivity index (χ4n) is 3.40. The molecule has 0 unspecified atom stereocenters. The van der Waals surface area contributed by atoms with E-state index in [1.54, 1.807) is 26.5 Å². The number of hydrogen-bond donors (Lipinski definition) is 2. The summed E-state index contributed by atoms with van der Waals surface area (Å²) in [5.41, 5.74) is 1.85. The normalized spacial score (nSPS) is 14.4. The molecule has 3 rings (SSSR count). The van der Waals surface area contributed by atoms with Crippen molar-refractivity contribution in [2.75, 3.05) is 24.9 Å². The summed E-state index contributed by atoms with van der Waals surface area (Å²) in [6.07, 6.45) is 8.35. The number of nitrogens with zero attached hydrogens (tertiary/aromatic N) is 1. The van der Waals surface area contributed by atoms with E-state index in [2.05, 4.69) is 15.6 Å². The standard InChI is InChI=1S/C21H27N3O3/c1-26-18-10-8-15(12-19(18)27-2)13-21(25)24-20-11-9-17(14-22-20)23-16-6-4-3-5-7-16/h8-12,14,16,23H,3-7,13H2,1-2H3,(H,22,24,25). The lowest BCUT2D eigenvalue weighted by atomic mass is 9.95. The van der Waals surface area contributed by atoms with Crippen molar-refractivity contribution in [3.63, 3.8) is 0 Å². The highest BCUT2D eigenvalue weighted by Gasteiger charge is 2.13. The fourth-order valence-corrected chi connectivity index (χ4v) is 3.40. The van der Waals surface area contributed by atoms with Crippen LogP contribution >= 0.6 is 0 Å². The average Bonchev–Trinajstić information content (AvgIpc) is 2.70. The highest BCUT2D eigenvalue weighted by atomic mass is 16.5. The highest BCUT2D eigenvalue weighted by molar-refractivity contribution is 5.91. The molecule has 2 aromatic rings. The monoisotopic (exact) mass is 369 g/mol. The van der Waals surface area contributed by atoms with Crippen LogP contribution in [0.5, 0.6) is 11.5 Å². The second-order valence-electron chi connectivity index (χ2n) is 6.83. The van der Waals surface area contributed by atoms with Crippen LogP contribution in [-0.4, -0.2) is 31.2 Å². The molecule has 0 aliphatic heterocycles. The first-order chi connectivity index (χ1) is 13.2. The van der Waals surface area contributed by atoms with Crippen LogP contribution in [0.1, 0.15) is 37.7 Å². The molecular formula is C21H27N3O3. The molecule has 1 aliphatic carbocycles. The van der Waals surface area contributed by atoms with E-state index in [0.29, 0.717) is 23.4 Å². The summed E-state index contributed by atoms with van der Waals surface area (Å²) in [4.78, 5) is 16.6. The van der Waals surface area contributed by atoms with Crippen molar-refractivity contribution in [3.05, 3.63) is 42.1 Å². The van der Waals surface area contributed by atoms with Gasteiger partial charge in [-0.25, -0.2) is 4.98 Å². The molecule has 6 nitrogen and oxygen atoms in total. The van der Waals surface area contributed by atoms with Gasteiger partial charge in [0.1, 0.15) is 5.82 Å². The molecule has 0 bridgehead atoms. The first kappa shape index (κ1) is 19.0. The van der Waals surface area contributed by atoms with Crippen LogP contribution in [0.2, 0.25) is 0 Å². The van der Waals surface area contributed by atoms with Crippen LogP contribution in [0.4, 0.5) is 11.5 Å². The van der Waals surface area contributed by atoms with E-state index in [9.17, 15) is 4.79 Å². The van der Waals surface area contributed by atoms with Crippen molar-refractivity contribution in [1.29, 1.82) is 0 Å². The van der Waals surface area contributed by atoms with Gasteiger partial charge in [-0.05, 0) is 42.7 Å². The first-order valence-electron chi connectivity index (χ1n) is 9.41. The van der Waals surface area contributed by atoms with E-state index in [0.717, 1.165) is 11.3 Å². The van der Waals surface area contributed by atoms with Gasteiger partial charge in [-0.2, -0.15) is 0 Å². The van der Waals surface area contributed by atoms with Gasteiger partial charge in [0.15, 0.2) is 11.5 Å². The lowest BCUT2D eigenvalue weighted by Gasteiger charge is -2.23. The topological polar surface area (TPSA) is 72.5 Å². The fraction of sp³-hybridized carbons (Fsp3) is 0.429. The van der Waals surface area contributed by atoms with Gasteiger partial charge in [-0.15, -0.1) is 0 Å². The Morgan fingerprint density at radius 2 is 1.85 bits per heavy atom. The number of anilines is 2. The molecule has 1 fully saturated rings. The zero-order valence-electron chi connectivity index (χ0n) is 16.0. The van der Waals surface area contributed by atoms with E-state index in [4.69, 9.17) is 9.47 Å². The van der Waals surface area contributed by atoms with Crippen LogP contribution in [-0.2, 0) is 11.2 Å². The molecule has 0 atom stereocenters. The molecule has 6 heteroatoms. The lowest BCUT2D eigenvalue weighted by Crippen LogP contribution is -2.22. The number of carbonyl (C=O) groups excluding carboxylic acids is 1. The number of benzene rings is 1. The molecule has 1 saturated carbocycles. The number of carbonyl (C=O) groups is 1. The van der Waals surface area contributed by atoms with E-state index >= 15 is 0 Å². The number of ether oxygens (including phenoxy) is 2. The van der Waals surface area contributed by atoms with Crippen molar-refractivity contribution < 1.29 is 14.3 Å². The molecule has 1 aromatic carbocycles. The maximum atomic E-state index is 12.3. The second kappa shape index (κ2) is 9.26. The number of amides is 1. The Labute approximate surface area is 160 Å². The van der Waals surface area contributed by atoms with Gasteiger partial charge in [0.2, 0.25) is 5.91 Å².